The molecule has 0 fully saturated rings. The molecule has 90 valence electrons. The maximum absolute atomic E-state index is 12.8. The zero-order valence-corrected chi connectivity index (χ0v) is 11.0. The fourth-order valence-corrected chi connectivity index (χ4v) is 1.82. The molecule has 0 spiro atoms. The van der Waals surface area contributed by atoms with E-state index in [4.69, 9.17) is 5.26 Å². The van der Waals surface area contributed by atoms with Gasteiger partial charge in [-0.2, -0.15) is 5.26 Å². The molecule has 0 saturated carbocycles. The van der Waals surface area contributed by atoms with Gasteiger partial charge < -0.3 is 5.32 Å². The Bertz CT molecular complexity index is 558. The van der Waals surface area contributed by atoms with Crippen molar-refractivity contribution >= 4 is 21.6 Å². The number of hydrogen-bond acceptors (Lipinski definition) is 2. The van der Waals surface area contributed by atoms with Crippen molar-refractivity contribution < 1.29 is 4.39 Å². The van der Waals surface area contributed by atoms with Crippen molar-refractivity contribution in [3.8, 4) is 6.07 Å². The van der Waals surface area contributed by atoms with E-state index in [9.17, 15) is 4.39 Å². The summed E-state index contributed by atoms with van der Waals surface area (Å²) in [6.45, 7) is 0. The number of nitrogens with zero attached hydrogens (tertiary/aromatic N) is 1. The van der Waals surface area contributed by atoms with Crippen molar-refractivity contribution in [2.24, 2.45) is 0 Å². The molecule has 18 heavy (non-hydrogen) atoms. The van der Waals surface area contributed by atoms with Gasteiger partial charge in [-0.3, -0.25) is 0 Å². The molecule has 0 aliphatic heterocycles. The summed E-state index contributed by atoms with van der Waals surface area (Å²) in [5.41, 5.74) is 1.58. The van der Waals surface area contributed by atoms with Gasteiger partial charge in [-0.25, -0.2) is 4.39 Å². The number of hydrogen-bond donors (Lipinski definition) is 1. The molecule has 4 heteroatoms. The lowest BCUT2D eigenvalue weighted by Gasteiger charge is -2.13. The first-order valence-electron chi connectivity index (χ1n) is 5.36. The number of anilines is 1. The van der Waals surface area contributed by atoms with Crippen molar-refractivity contribution in [1.29, 1.82) is 5.26 Å². The number of nitrogens with one attached hydrogen (secondary N) is 1. The summed E-state index contributed by atoms with van der Waals surface area (Å²) in [5.74, 6) is -0.294. The van der Waals surface area contributed by atoms with Crippen LogP contribution in [0, 0.1) is 17.1 Å². The molecule has 1 N–H and O–H groups in total. The Morgan fingerprint density at radius 2 is 1.67 bits per heavy atom. The van der Waals surface area contributed by atoms with Gasteiger partial charge in [-0.05, 0) is 42.0 Å². The molecule has 2 aromatic carbocycles. The molecule has 1 atom stereocenters. The highest BCUT2D eigenvalue weighted by Crippen LogP contribution is 2.21. The topological polar surface area (TPSA) is 35.8 Å². The number of nitriles is 1. The maximum atomic E-state index is 12.8. The third kappa shape index (κ3) is 3.08. The maximum Gasteiger partial charge on any atom is 0.140 e. The van der Waals surface area contributed by atoms with Crippen LogP contribution in [0.15, 0.2) is 53.0 Å². The van der Waals surface area contributed by atoms with Crippen LogP contribution in [0.4, 0.5) is 10.1 Å². The smallest absolute Gasteiger partial charge is 0.140 e. The first-order valence-corrected chi connectivity index (χ1v) is 6.15. The van der Waals surface area contributed by atoms with Crippen molar-refractivity contribution in [1.82, 2.24) is 0 Å². The molecule has 0 radical (unpaired) electrons. The quantitative estimate of drug-likeness (QED) is 0.919. The van der Waals surface area contributed by atoms with E-state index in [0.717, 1.165) is 10.0 Å². The Labute approximate surface area is 113 Å². The Kier molecular flexibility index (Phi) is 3.96. The summed E-state index contributed by atoms with van der Waals surface area (Å²) in [5, 5.41) is 12.2. The predicted octanol–water partition coefficient (Wildman–Crippen LogP) is 4.26. The summed E-state index contributed by atoms with van der Waals surface area (Å²) >= 11 is 3.35. The van der Waals surface area contributed by atoms with Crippen molar-refractivity contribution in [3.63, 3.8) is 0 Å². The lowest BCUT2D eigenvalue weighted by molar-refractivity contribution is 0.628. The second kappa shape index (κ2) is 5.65. The molecular formula is C14H10BrFN2. The van der Waals surface area contributed by atoms with Crippen molar-refractivity contribution in [2.45, 2.75) is 6.04 Å². The van der Waals surface area contributed by atoms with Crippen LogP contribution in [0.25, 0.3) is 0 Å². The second-order valence-electron chi connectivity index (χ2n) is 3.76. The lowest BCUT2D eigenvalue weighted by atomic mass is 10.1. The zero-order valence-electron chi connectivity index (χ0n) is 9.40. The summed E-state index contributed by atoms with van der Waals surface area (Å²) in [6.07, 6.45) is 0. The average molecular weight is 305 g/mol. The fourth-order valence-electron chi connectivity index (χ4n) is 1.56. The third-order valence-electron chi connectivity index (χ3n) is 2.49. The normalized spacial score (nSPS) is 11.6. The van der Waals surface area contributed by atoms with Gasteiger partial charge in [0.1, 0.15) is 11.9 Å². The molecule has 2 rings (SSSR count). The summed E-state index contributed by atoms with van der Waals surface area (Å²) in [7, 11) is 0. The van der Waals surface area contributed by atoms with Gasteiger partial charge in [0.15, 0.2) is 0 Å². The monoisotopic (exact) mass is 304 g/mol. The minimum Gasteiger partial charge on any atom is -0.366 e. The highest BCUT2D eigenvalue weighted by molar-refractivity contribution is 9.10. The van der Waals surface area contributed by atoms with E-state index in [1.165, 1.54) is 12.1 Å². The molecule has 0 aliphatic rings. The summed E-state index contributed by atoms with van der Waals surface area (Å²) < 4.78 is 13.7. The molecule has 2 aromatic rings. The van der Waals surface area contributed by atoms with E-state index in [-0.39, 0.29) is 5.82 Å². The number of halogens is 2. The van der Waals surface area contributed by atoms with Crippen LogP contribution in [-0.2, 0) is 0 Å². The number of benzene rings is 2. The van der Waals surface area contributed by atoms with E-state index in [1.54, 1.807) is 12.1 Å². The molecule has 0 bridgehead atoms. The van der Waals surface area contributed by atoms with E-state index in [1.807, 2.05) is 24.3 Å². The predicted molar refractivity (Wildman–Crippen MR) is 72.5 cm³/mol. The largest absolute Gasteiger partial charge is 0.366 e. The molecule has 0 amide bonds. The zero-order chi connectivity index (χ0) is 13.0. The molecule has 0 aromatic heterocycles. The van der Waals surface area contributed by atoms with Gasteiger partial charge in [0, 0.05) is 10.2 Å². The van der Waals surface area contributed by atoms with Crippen molar-refractivity contribution in [2.75, 3.05) is 5.32 Å². The van der Waals surface area contributed by atoms with Crippen molar-refractivity contribution in [3.05, 3.63) is 64.4 Å². The molecule has 0 aliphatic carbocycles. The SMILES string of the molecule is N#CC(Nc1ccc(F)cc1)c1ccc(Br)cc1. The molecule has 2 nitrogen and oxygen atoms in total. The van der Waals surface area contributed by atoms with E-state index < -0.39 is 6.04 Å². The Hall–Kier alpha value is -1.86. The minimum atomic E-state index is -0.455. The first kappa shape index (κ1) is 12.6. The average Bonchev–Trinajstić information content (AvgIpc) is 2.39. The van der Waals surface area contributed by atoms with Crippen LogP contribution in [0.2, 0.25) is 0 Å². The van der Waals surface area contributed by atoms with Crippen LogP contribution in [0.1, 0.15) is 11.6 Å². The van der Waals surface area contributed by atoms with E-state index in [0.29, 0.717) is 5.69 Å². The van der Waals surface area contributed by atoms with Crippen LogP contribution in [-0.4, -0.2) is 0 Å². The van der Waals surface area contributed by atoms with Gasteiger partial charge >= 0.3 is 0 Å². The van der Waals surface area contributed by atoms with E-state index in [2.05, 4.69) is 27.3 Å². The fraction of sp³-hybridized carbons (Fsp3) is 0.0714. The summed E-state index contributed by atoms with van der Waals surface area (Å²) in [4.78, 5) is 0. The molecule has 0 saturated heterocycles. The van der Waals surface area contributed by atoms with Crippen LogP contribution in [0.3, 0.4) is 0 Å². The number of rotatable bonds is 3. The van der Waals surface area contributed by atoms with Gasteiger partial charge in [-0.1, -0.05) is 28.1 Å². The highest BCUT2D eigenvalue weighted by Gasteiger charge is 2.09. The lowest BCUT2D eigenvalue weighted by Crippen LogP contribution is -2.08. The van der Waals surface area contributed by atoms with Gasteiger partial charge in [-0.15, -0.1) is 0 Å². The first-order chi connectivity index (χ1) is 8.69. The minimum absolute atomic E-state index is 0.294. The van der Waals surface area contributed by atoms with Gasteiger partial charge in [0.2, 0.25) is 0 Å². The van der Waals surface area contributed by atoms with Gasteiger partial charge in [0.05, 0.1) is 6.07 Å². The second-order valence-corrected chi connectivity index (χ2v) is 4.68. The Morgan fingerprint density at radius 1 is 1.06 bits per heavy atom. The third-order valence-corrected chi connectivity index (χ3v) is 3.02. The Balaban J connectivity index is 2.17. The van der Waals surface area contributed by atoms with E-state index >= 15 is 0 Å². The molecular weight excluding hydrogens is 295 g/mol. The highest BCUT2D eigenvalue weighted by atomic mass is 79.9. The Morgan fingerprint density at radius 3 is 2.22 bits per heavy atom. The molecule has 1 unspecified atom stereocenters. The van der Waals surface area contributed by atoms with Gasteiger partial charge in [0.25, 0.3) is 0 Å². The standard InChI is InChI=1S/C14H10BrFN2/c15-11-3-1-10(2-4-11)14(9-17)18-13-7-5-12(16)6-8-13/h1-8,14,18H. The van der Waals surface area contributed by atoms with Crippen LogP contribution >= 0.6 is 15.9 Å². The summed E-state index contributed by atoms with van der Waals surface area (Å²) in [6, 6.07) is 15.2. The van der Waals surface area contributed by atoms with Crippen LogP contribution in [0.5, 0.6) is 0 Å². The van der Waals surface area contributed by atoms with Crippen LogP contribution < -0.4 is 5.32 Å². The molecule has 0 heterocycles.